The van der Waals surface area contributed by atoms with Gasteiger partial charge in [-0.3, -0.25) is 4.98 Å². The maximum atomic E-state index is 4.41. The summed E-state index contributed by atoms with van der Waals surface area (Å²) in [5.74, 6) is 0. The fourth-order valence-corrected chi connectivity index (χ4v) is 2.30. The monoisotopic (exact) mass is 243 g/mol. The van der Waals surface area contributed by atoms with Gasteiger partial charge in [0.15, 0.2) is 0 Å². The molecule has 1 aromatic carbocycles. The summed E-state index contributed by atoms with van der Waals surface area (Å²) >= 11 is 0. The standard InChI is InChI=1S/C15H21N3/c1-16-13(11-18(2)3)10-12-8-9-17-15-7-5-4-6-14(12)15/h4-9,13,16H,10-11H2,1-3H3. The molecule has 0 spiro atoms. The first kappa shape index (κ1) is 13.0. The lowest BCUT2D eigenvalue weighted by Gasteiger charge is -2.21. The van der Waals surface area contributed by atoms with Gasteiger partial charge in [-0.2, -0.15) is 0 Å². The van der Waals surface area contributed by atoms with E-state index in [1.807, 2.05) is 19.3 Å². The summed E-state index contributed by atoms with van der Waals surface area (Å²) in [6.07, 6.45) is 2.93. The molecule has 0 saturated carbocycles. The molecule has 3 nitrogen and oxygen atoms in total. The zero-order chi connectivity index (χ0) is 13.0. The third-order valence-electron chi connectivity index (χ3n) is 3.20. The SMILES string of the molecule is CNC(Cc1ccnc2ccccc12)CN(C)C. The van der Waals surface area contributed by atoms with Gasteiger partial charge in [0.2, 0.25) is 0 Å². The van der Waals surface area contributed by atoms with E-state index in [2.05, 4.69) is 53.6 Å². The Labute approximate surface area is 109 Å². The van der Waals surface area contributed by atoms with Crippen LogP contribution in [0.2, 0.25) is 0 Å². The molecule has 1 aromatic heterocycles. The van der Waals surface area contributed by atoms with E-state index >= 15 is 0 Å². The highest BCUT2D eigenvalue weighted by atomic mass is 15.1. The number of hydrogen-bond acceptors (Lipinski definition) is 3. The van der Waals surface area contributed by atoms with E-state index in [1.54, 1.807) is 0 Å². The smallest absolute Gasteiger partial charge is 0.0704 e. The Hall–Kier alpha value is -1.45. The summed E-state index contributed by atoms with van der Waals surface area (Å²) in [5, 5.41) is 4.65. The van der Waals surface area contributed by atoms with Crippen LogP contribution in [0.1, 0.15) is 5.56 Å². The van der Waals surface area contributed by atoms with Crippen LogP contribution in [0.25, 0.3) is 10.9 Å². The Balaban J connectivity index is 2.25. The molecule has 0 aliphatic heterocycles. The third kappa shape index (κ3) is 3.06. The summed E-state index contributed by atoms with van der Waals surface area (Å²) in [6.45, 7) is 1.03. The fourth-order valence-electron chi connectivity index (χ4n) is 2.30. The fraction of sp³-hybridized carbons (Fsp3) is 0.400. The second-order valence-electron chi connectivity index (χ2n) is 4.94. The van der Waals surface area contributed by atoms with Gasteiger partial charge in [-0.05, 0) is 45.3 Å². The molecule has 1 N–H and O–H groups in total. The molecule has 18 heavy (non-hydrogen) atoms. The van der Waals surface area contributed by atoms with Crippen LogP contribution in [0.3, 0.4) is 0 Å². The van der Waals surface area contributed by atoms with Gasteiger partial charge in [0.25, 0.3) is 0 Å². The summed E-state index contributed by atoms with van der Waals surface area (Å²) < 4.78 is 0. The van der Waals surface area contributed by atoms with Crippen molar-refractivity contribution in [3.63, 3.8) is 0 Å². The molecule has 3 heteroatoms. The van der Waals surface area contributed by atoms with Gasteiger partial charge in [-0.25, -0.2) is 0 Å². The van der Waals surface area contributed by atoms with Crippen molar-refractivity contribution in [2.75, 3.05) is 27.7 Å². The Morgan fingerprint density at radius 1 is 1.22 bits per heavy atom. The number of rotatable bonds is 5. The van der Waals surface area contributed by atoms with Gasteiger partial charge in [-0.1, -0.05) is 18.2 Å². The lowest BCUT2D eigenvalue weighted by atomic mass is 10.0. The molecule has 2 rings (SSSR count). The van der Waals surface area contributed by atoms with Gasteiger partial charge in [0, 0.05) is 24.2 Å². The quantitative estimate of drug-likeness (QED) is 0.869. The molecule has 0 aliphatic rings. The molecule has 0 fully saturated rings. The minimum absolute atomic E-state index is 0.464. The molecule has 1 atom stereocenters. The molecule has 0 radical (unpaired) electrons. The molecule has 0 aliphatic carbocycles. The van der Waals surface area contributed by atoms with Crippen LogP contribution in [-0.4, -0.2) is 43.6 Å². The number of hydrogen-bond donors (Lipinski definition) is 1. The van der Waals surface area contributed by atoms with Gasteiger partial charge < -0.3 is 10.2 Å². The van der Waals surface area contributed by atoms with E-state index in [-0.39, 0.29) is 0 Å². The number of nitrogens with zero attached hydrogens (tertiary/aromatic N) is 2. The third-order valence-corrected chi connectivity index (χ3v) is 3.20. The summed E-state index contributed by atoms with van der Waals surface area (Å²) in [4.78, 5) is 6.62. The first-order valence-electron chi connectivity index (χ1n) is 6.35. The van der Waals surface area contributed by atoms with Gasteiger partial charge >= 0.3 is 0 Å². The number of fused-ring (bicyclic) bond motifs is 1. The highest BCUT2D eigenvalue weighted by molar-refractivity contribution is 5.81. The summed E-state index contributed by atoms with van der Waals surface area (Å²) in [7, 11) is 6.24. The minimum atomic E-state index is 0.464. The van der Waals surface area contributed by atoms with Crippen LogP contribution in [0, 0.1) is 0 Å². The van der Waals surface area contributed by atoms with Crippen LogP contribution >= 0.6 is 0 Å². The van der Waals surface area contributed by atoms with Crippen LogP contribution in [0.4, 0.5) is 0 Å². The number of nitrogens with one attached hydrogen (secondary N) is 1. The first-order valence-corrected chi connectivity index (χ1v) is 6.35. The average Bonchev–Trinajstić information content (AvgIpc) is 2.38. The molecule has 0 amide bonds. The van der Waals surface area contributed by atoms with Crippen molar-refractivity contribution in [2.24, 2.45) is 0 Å². The van der Waals surface area contributed by atoms with Crippen LogP contribution < -0.4 is 5.32 Å². The van der Waals surface area contributed by atoms with Crippen LogP contribution in [-0.2, 0) is 6.42 Å². The van der Waals surface area contributed by atoms with E-state index in [9.17, 15) is 0 Å². The summed E-state index contributed by atoms with van der Waals surface area (Å²) in [5.41, 5.74) is 2.44. The van der Waals surface area contributed by atoms with Crippen molar-refractivity contribution >= 4 is 10.9 Å². The zero-order valence-corrected chi connectivity index (χ0v) is 11.4. The molecule has 0 saturated heterocycles. The highest BCUT2D eigenvalue weighted by Gasteiger charge is 2.10. The van der Waals surface area contributed by atoms with Crippen molar-refractivity contribution in [1.29, 1.82) is 0 Å². The predicted octanol–water partition coefficient (Wildman–Crippen LogP) is 1.93. The average molecular weight is 243 g/mol. The van der Waals surface area contributed by atoms with Crippen LogP contribution in [0.5, 0.6) is 0 Å². The van der Waals surface area contributed by atoms with Crippen molar-refractivity contribution in [1.82, 2.24) is 15.2 Å². The van der Waals surface area contributed by atoms with E-state index < -0.39 is 0 Å². The predicted molar refractivity (Wildman–Crippen MR) is 76.8 cm³/mol. The molecule has 96 valence electrons. The van der Waals surface area contributed by atoms with E-state index in [1.165, 1.54) is 10.9 Å². The Bertz CT molecular complexity index is 503. The topological polar surface area (TPSA) is 28.2 Å². The molecule has 1 unspecified atom stereocenters. The second kappa shape index (κ2) is 5.94. The van der Waals surface area contributed by atoms with Crippen molar-refractivity contribution in [3.8, 4) is 0 Å². The number of benzene rings is 1. The Morgan fingerprint density at radius 3 is 2.72 bits per heavy atom. The van der Waals surface area contributed by atoms with Crippen molar-refractivity contribution < 1.29 is 0 Å². The maximum absolute atomic E-state index is 4.41. The normalized spacial score (nSPS) is 13.1. The molecular weight excluding hydrogens is 222 g/mol. The zero-order valence-electron chi connectivity index (χ0n) is 11.4. The minimum Gasteiger partial charge on any atom is -0.315 e. The van der Waals surface area contributed by atoms with Gasteiger partial charge in [0.05, 0.1) is 5.52 Å². The number of likely N-dealkylation sites (N-methyl/N-ethyl adjacent to an activating group) is 2. The van der Waals surface area contributed by atoms with E-state index in [4.69, 9.17) is 0 Å². The van der Waals surface area contributed by atoms with Gasteiger partial charge in [0.1, 0.15) is 0 Å². The molecular formula is C15H21N3. The second-order valence-corrected chi connectivity index (χ2v) is 4.94. The molecule has 2 aromatic rings. The Morgan fingerprint density at radius 2 is 2.00 bits per heavy atom. The van der Waals surface area contributed by atoms with E-state index in [0.29, 0.717) is 6.04 Å². The first-order chi connectivity index (χ1) is 8.70. The number of para-hydroxylation sites is 1. The number of aromatic nitrogens is 1. The molecule has 1 heterocycles. The summed E-state index contributed by atoms with van der Waals surface area (Å²) in [6, 6.07) is 10.9. The lowest BCUT2D eigenvalue weighted by molar-refractivity contribution is 0.347. The lowest BCUT2D eigenvalue weighted by Crippen LogP contribution is -2.37. The van der Waals surface area contributed by atoms with Crippen molar-refractivity contribution in [2.45, 2.75) is 12.5 Å². The molecule has 0 bridgehead atoms. The van der Waals surface area contributed by atoms with Gasteiger partial charge in [-0.15, -0.1) is 0 Å². The van der Waals surface area contributed by atoms with Crippen LogP contribution in [0.15, 0.2) is 36.5 Å². The largest absolute Gasteiger partial charge is 0.315 e. The highest BCUT2D eigenvalue weighted by Crippen LogP contribution is 2.17. The number of pyridine rings is 1. The van der Waals surface area contributed by atoms with E-state index in [0.717, 1.165) is 18.5 Å². The Kier molecular flexibility index (Phi) is 4.28. The van der Waals surface area contributed by atoms with Crippen molar-refractivity contribution in [3.05, 3.63) is 42.1 Å². The maximum Gasteiger partial charge on any atom is 0.0704 e.